The van der Waals surface area contributed by atoms with Crippen molar-refractivity contribution >= 4 is 5.91 Å². The van der Waals surface area contributed by atoms with Gasteiger partial charge in [0.1, 0.15) is 28.6 Å². The molecule has 0 aliphatic carbocycles. The van der Waals surface area contributed by atoms with Gasteiger partial charge in [0, 0.05) is 50.3 Å². The number of para-hydroxylation sites is 1. The van der Waals surface area contributed by atoms with Gasteiger partial charge in [-0.25, -0.2) is 4.39 Å². The first-order valence-electron chi connectivity index (χ1n) is 10.3. The van der Waals surface area contributed by atoms with Crippen molar-refractivity contribution < 1.29 is 31.8 Å². The minimum absolute atomic E-state index is 0.154. The van der Waals surface area contributed by atoms with E-state index in [9.17, 15) is 22.4 Å². The number of halogens is 4. The molecule has 1 spiro atoms. The molecule has 2 aliphatic heterocycles. The number of ether oxygens (including phenoxy) is 2. The molecule has 0 bridgehead atoms. The number of benzene rings is 2. The van der Waals surface area contributed by atoms with Crippen LogP contribution in [0, 0.1) is 5.82 Å². The van der Waals surface area contributed by atoms with E-state index in [1.54, 1.807) is 17.8 Å². The first kappa shape index (κ1) is 21.3. The lowest BCUT2D eigenvalue weighted by atomic mass is 9.81. The van der Waals surface area contributed by atoms with E-state index in [4.69, 9.17) is 4.74 Å². The van der Waals surface area contributed by atoms with Gasteiger partial charge in [0.05, 0.1) is 5.56 Å². The van der Waals surface area contributed by atoms with Crippen LogP contribution in [0.4, 0.5) is 17.6 Å². The number of alkyl halides is 3. The molecular formula is C23H19F4N3O3. The highest BCUT2D eigenvalue weighted by Gasteiger charge is 2.46. The summed E-state index contributed by atoms with van der Waals surface area (Å²) in [4.78, 5) is 14.5. The first-order valence-corrected chi connectivity index (χ1v) is 10.3. The van der Waals surface area contributed by atoms with Crippen LogP contribution in [0.1, 0.15) is 28.8 Å². The topological polar surface area (TPSA) is 56.6 Å². The molecule has 172 valence electrons. The fourth-order valence-corrected chi connectivity index (χ4v) is 4.53. The predicted octanol–water partition coefficient (Wildman–Crippen LogP) is 4.65. The molecule has 33 heavy (non-hydrogen) atoms. The largest absolute Gasteiger partial charge is 0.573 e. The number of likely N-dealkylation sites (tertiary alicyclic amines) is 1. The maximum atomic E-state index is 13.9. The molecule has 0 unspecified atom stereocenters. The van der Waals surface area contributed by atoms with Crippen LogP contribution in [0.15, 0.2) is 48.7 Å². The molecule has 2 aromatic carbocycles. The molecule has 1 saturated heterocycles. The zero-order valence-corrected chi connectivity index (χ0v) is 17.5. The Kier molecular flexibility index (Phi) is 4.84. The average molecular weight is 461 g/mol. The second-order valence-electron chi connectivity index (χ2n) is 8.14. The van der Waals surface area contributed by atoms with Crippen molar-refractivity contribution in [1.29, 1.82) is 0 Å². The number of amides is 1. The van der Waals surface area contributed by atoms with Gasteiger partial charge in [-0.05, 0) is 30.3 Å². The molecule has 0 radical (unpaired) electrons. The van der Waals surface area contributed by atoms with Crippen molar-refractivity contribution in [3.8, 4) is 22.8 Å². The van der Waals surface area contributed by atoms with Crippen LogP contribution in [0.5, 0.6) is 11.5 Å². The molecule has 1 amide bonds. The molecule has 0 atom stereocenters. The van der Waals surface area contributed by atoms with Crippen molar-refractivity contribution in [3.05, 3.63) is 65.6 Å². The lowest BCUT2D eigenvalue weighted by Gasteiger charge is -2.44. The smallest absolute Gasteiger partial charge is 0.482 e. The van der Waals surface area contributed by atoms with Crippen LogP contribution in [0.25, 0.3) is 11.3 Å². The van der Waals surface area contributed by atoms with Gasteiger partial charge in [-0.15, -0.1) is 13.2 Å². The number of nitrogens with zero attached hydrogens (tertiary/aromatic N) is 3. The summed E-state index contributed by atoms with van der Waals surface area (Å²) in [6.45, 7) is 0.508. The Morgan fingerprint density at radius 3 is 2.61 bits per heavy atom. The molecule has 3 aromatic rings. The zero-order chi connectivity index (χ0) is 23.4. The summed E-state index contributed by atoms with van der Waals surface area (Å²) in [5.74, 6) is -0.972. The lowest BCUT2D eigenvalue weighted by Crippen LogP contribution is -2.49. The van der Waals surface area contributed by atoms with E-state index in [0.717, 1.165) is 11.6 Å². The molecule has 1 aromatic heterocycles. The standard InChI is InChI=1S/C23H19F4N3O3/c1-29-13-17-20(28-29)16-12-14(24)6-7-19(16)32-22(17)8-10-30(11-9-22)21(31)15-4-2-3-5-18(15)33-23(25,26)27/h2-7,12-13H,8-11H2,1H3. The lowest BCUT2D eigenvalue weighted by molar-refractivity contribution is -0.274. The van der Waals surface area contributed by atoms with E-state index < -0.39 is 29.4 Å². The van der Waals surface area contributed by atoms with E-state index in [1.807, 2.05) is 6.20 Å². The van der Waals surface area contributed by atoms with Gasteiger partial charge in [0.25, 0.3) is 5.91 Å². The summed E-state index contributed by atoms with van der Waals surface area (Å²) in [5.41, 5.74) is 1.07. The van der Waals surface area contributed by atoms with Gasteiger partial charge in [0.2, 0.25) is 0 Å². The third kappa shape index (κ3) is 3.79. The quantitative estimate of drug-likeness (QED) is 0.522. The molecule has 10 heteroatoms. The average Bonchev–Trinajstić information content (AvgIpc) is 3.17. The third-order valence-electron chi connectivity index (χ3n) is 6.02. The molecule has 3 heterocycles. The SMILES string of the molecule is Cn1cc2c(n1)-c1cc(F)ccc1OC21CCN(C(=O)c2ccccc2OC(F)(F)F)CC1. The zero-order valence-electron chi connectivity index (χ0n) is 17.5. The summed E-state index contributed by atoms with van der Waals surface area (Å²) in [7, 11) is 1.77. The van der Waals surface area contributed by atoms with Gasteiger partial charge < -0.3 is 14.4 Å². The van der Waals surface area contributed by atoms with E-state index in [-0.39, 0.29) is 18.7 Å². The van der Waals surface area contributed by atoms with Crippen molar-refractivity contribution in [2.45, 2.75) is 24.8 Å². The van der Waals surface area contributed by atoms with Crippen molar-refractivity contribution in [3.63, 3.8) is 0 Å². The Morgan fingerprint density at radius 2 is 1.88 bits per heavy atom. The number of hydrogen-bond acceptors (Lipinski definition) is 4. The maximum Gasteiger partial charge on any atom is 0.573 e. The Labute approximate surface area is 186 Å². The van der Waals surface area contributed by atoms with Gasteiger partial charge in [-0.2, -0.15) is 5.10 Å². The number of hydrogen-bond donors (Lipinski definition) is 0. The Hall–Kier alpha value is -3.56. The maximum absolute atomic E-state index is 13.9. The van der Waals surface area contributed by atoms with Crippen molar-refractivity contribution in [2.75, 3.05) is 13.1 Å². The Bertz CT molecular complexity index is 1230. The number of aryl methyl sites for hydroxylation is 1. The number of aromatic nitrogens is 2. The minimum Gasteiger partial charge on any atom is -0.482 e. The van der Waals surface area contributed by atoms with Gasteiger partial charge in [-0.3, -0.25) is 9.48 Å². The molecule has 6 nitrogen and oxygen atoms in total. The summed E-state index contributed by atoms with van der Waals surface area (Å²) in [6.07, 6.45) is -2.28. The highest BCUT2D eigenvalue weighted by molar-refractivity contribution is 5.97. The third-order valence-corrected chi connectivity index (χ3v) is 6.02. The first-order chi connectivity index (χ1) is 15.7. The molecular weight excluding hydrogens is 442 g/mol. The van der Waals surface area contributed by atoms with Crippen LogP contribution in [0.2, 0.25) is 0 Å². The van der Waals surface area contributed by atoms with E-state index in [0.29, 0.717) is 29.8 Å². The summed E-state index contributed by atoms with van der Waals surface area (Å²) < 4.78 is 64.2. The minimum atomic E-state index is -4.90. The van der Waals surface area contributed by atoms with Gasteiger partial charge in [-0.1, -0.05) is 12.1 Å². The molecule has 0 N–H and O–H groups in total. The highest BCUT2D eigenvalue weighted by atomic mass is 19.4. The number of carbonyl (C=O) groups is 1. The van der Waals surface area contributed by atoms with Crippen molar-refractivity contribution in [1.82, 2.24) is 14.7 Å². The number of piperidine rings is 1. The molecule has 5 rings (SSSR count). The second kappa shape index (κ2) is 7.50. The summed E-state index contributed by atoms with van der Waals surface area (Å²) in [6, 6.07) is 9.56. The van der Waals surface area contributed by atoms with Gasteiger partial charge >= 0.3 is 6.36 Å². The van der Waals surface area contributed by atoms with Crippen LogP contribution >= 0.6 is 0 Å². The molecule has 2 aliphatic rings. The molecule has 1 fully saturated rings. The Morgan fingerprint density at radius 1 is 1.15 bits per heavy atom. The number of fused-ring (bicyclic) bond motifs is 4. The fraction of sp³-hybridized carbons (Fsp3) is 0.304. The summed E-state index contributed by atoms with van der Waals surface area (Å²) >= 11 is 0. The predicted molar refractivity (Wildman–Crippen MR) is 109 cm³/mol. The van der Waals surface area contributed by atoms with Crippen LogP contribution < -0.4 is 9.47 Å². The van der Waals surface area contributed by atoms with Crippen LogP contribution in [-0.2, 0) is 12.6 Å². The summed E-state index contributed by atoms with van der Waals surface area (Å²) in [5, 5.41) is 4.50. The van der Waals surface area contributed by atoms with E-state index in [2.05, 4.69) is 9.84 Å². The second-order valence-corrected chi connectivity index (χ2v) is 8.14. The Balaban J connectivity index is 1.41. The fourth-order valence-electron chi connectivity index (χ4n) is 4.53. The van der Waals surface area contributed by atoms with Gasteiger partial charge in [0.15, 0.2) is 0 Å². The van der Waals surface area contributed by atoms with Crippen LogP contribution in [-0.4, -0.2) is 40.0 Å². The van der Waals surface area contributed by atoms with Crippen LogP contribution in [0.3, 0.4) is 0 Å². The number of rotatable bonds is 2. The highest BCUT2D eigenvalue weighted by Crippen LogP contribution is 2.49. The normalized spacial score (nSPS) is 16.7. The monoisotopic (exact) mass is 461 g/mol. The van der Waals surface area contributed by atoms with Crippen molar-refractivity contribution in [2.24, 2.45) is 7.05 Å². The van der Waals surface area contributed by atoms with E-state index in [1.165, 1.54) is 35.2 Å². The van der Waals surface area contributed by atoms with E-state index >= 15 is 0 Å². The number of carbonyl (C=O) groups excluding carboxylic acids is 1. The molecule has 0 saturated carbocycles.